The van der Waals surface area contributed by atoms with E-state index in [0.29, 0.717) is 5.69 Å². The summed E-state index contributed by atoms with van der Waals surface area (Å²) in [6.45, 7) is 2.89. The van der Waals surface area contributed by atoms with Crippen LogP contribution < -0.4 is 10.3 Å². The number of benzene rings is 1. The number of aryl methyl sites for hydroxylation is 1. The summed E-state index contributed by atoms with van der Waals surface area (Å²) in [5.41, 5.74) is 0.481. The standard InChI is InChI=1S/C21H17F5N4O3S/c1-9-7-28(8-27-9)11-3-4-12-21(32)29(5-6-30(12)20(11)31)10(2)19(26)33-17-15(24)13(22)14(23)16(25)18(17)34/h3-4,7-8,10,19,34H,5-6H2,1-2H3/t10-,19?/m0/s1. The fourth-order valence-electron chi connectivity index (χ4n) is 3.63. The first-order chi connectivity index (χ1) is 16.0. The second kappa shape index (κ2) is 8.78. The Kier molecular flexibility index (Phi) is 6.14. The van der Waals surface area contributed by atoms with Crippen molar-refractivity contribution in [2.24, 2.45) is 0 Å². The van der Waals surface area contributed by atoms with E-state index < -0.39 is 57.8 Å². The molecule has 1 amide bonds. The van der Waals surface area contributed by atoms with Gasteiger partial charge in [0.25, 0.3) is 17.8 Å². The second-order valence-electron chi connectivity index (χ2n) is 7.62. The first-order valence-corrected chi connectivity index (χ1v) is 10.4. The van der Waals surface area contributed by atoms with E-state index in [9.17, 15) is 31.5 Å². The highest BCUT2D eigenvalue weighted by molar-refractivity contribution is 7.80. The number of alkyl halides is 1. The van der Waals surface area contributed by atoms with Gasteiger partial charge in [-0.1, -0.05) is 0 Å². The number of hydrogen-bond donors (Lipinski definition) is 1. The monoisotopic (exact) mass is 500 g/mol. The lowest BCUT2D eigenvalue weighted by molar-refractivity contribution is -0.0171. The minimum atomic E-state index is -2.46. The minimum Gasteiger partial charge on any atom is -0.454 e. The molecule has 1 aromatic carbocycles. The Morgan fingerprint density at radius 3 is 2.38 bits per heavy atom. The summed E-state index contributed by atoms with van der Waals surface area (Å²) < 4.78 is 76.9. The number of amides is 1. The zero-order chi connectivity index (χ0) is 24.9. The van der Waals surface area contributed by atoms with Gasteiger partial charge < -0.3 is 18.8 Å². The summed E-state index contributed by atoms with van der Waals surface area (Å²) in [4.78, 5) is 29.9. The Bertz CT molecular complexity index is 1330. The van der Waals surface area contributed by atoms with Crippen molar-refractivity contribution in [3.8, 4) is 11.4 Å². The Balaban J connectivity index is 1.59. The molecule has 2 atom stereocenters. The number of halogens is 5. The van der Waals surface area contributed by atoms with Gasteiger partial charge >= 0.3 is 0 Å². The van der Waals surface area contributed by atoms with Crippen LogP contribution in [0.15, 0.2) is 34.3 Å². The highest BCUT2D eigenvalue weighted by atomic mass is 32.1. The van der Waals surface area contributed by atoms with Crippen molar-refractivity contribution in [3.05, 3.63) is 69.7 Å². The molecule has 0 bridgehead atoms. The zero-order valence-corrected chi connectivity index (χ0v) is 18.6. The van der Waals surface area contributed by atoms with Crippen LogP contribution >= 0.6 is 12.6 Å². The van der Waals surface area contributed by atoms with E-state index in [0.717, 1.165) is 4.90 Å². The Labute approximate surface area is 194 Å². The molecule has 34 heavy (non-hydrogen) atoms. The maximum absolute atomic E-state index is 14.9. The largest absolute Gasteiger partial charge is 0.454 e. The van der Waals surface area contributed by atoms with Crippen molar-refractivity contribution in [2.45, 2.75) is 37.7 Å². The van der Waals surface area contributed by atoms with Crippen molar-refractivity contribution in [2.75, 3.05) is 6.54 Å². The smallest absolute Gasteiger partial charge is 0.275 e. The number of hydrogen-bond acceptors (Lipinski definition) is 5. The molecule has 1 aliphatic rings. The fourth-order valence-corrected chi connectivity index (χ4v) is 3.88. The molecule has 0 saturated carbocycles. The van der Waals surface area contributed by atoms with Gasteiger partial charge in [0.2, 0.25) is 11.6 Å². The molecule has 0 N–H and O–H groups in total. The predicted molar refractivity (Wildman–Crippen MR) is 112 cm³/mol. The summed E-state index contributed by atoms with van der Waals surface area (Å²) in [6.07, 6.45) is 0.642. The average Bonchev–Trinajstić information content (AvgIpc) is 3.25. The number of thiol groups is 1. The van der Waals surface area contributed by atoms with Crippen molar-refractivity contribution < 1.29 is 31.5 Å². The van der Waals surface area contributed by atoms with Crippen LogP contribution in [-0.4, -0.2) is 43.9 Å². The SMILES string of the molecule is Cc1cn(-c2ccc3n(c2=O)CCN([C@@H](C)C(F)Oc2c(F)c(F)c(F)c(F)c2S)C3=O)cn1. The van der Waals surface area contributed by atoms with Gasteiger partial charge in [0.1, 0.15) is 11.4 Å². The second-order valence-corrected chi connectivity index (χ2v) is 8.07. The van der Waals surface area contributed by atoms with Gasteiger partial charge in [0.15, 0.2) is 17.4 Å². The predicted octanol–water partition coefficient (Wildman–Crippen LogP) is 3.41. The molecule has 0 radical (unpaired) electrons. The van der Waals surface area contributed by atoms with Crippen LogP contribution in [0, 0.1) is 30.2 Å². The normalized spacial score (nSPS) is 15.3. The molecular formula is C21H17F5N4O3S. The van der Waals surface area contributed by atoms with Crippen molar-refractivity contribution in [3.63, 3.8) is 0 Å². The lowest BCUT2D eigenvalue weighted by atomic mass is 10.1. The number of carbonyl (C=O) groups excluding carboxylic acids is 1. The molecule has 0 fully saturated rings. The number of aromatic nitrogens is 3. The Morgan fingerprint density at radius 2 is 1.74 bits per heavy atom. The first kappa shape index (κ1) is 23.8. The molecule has 0 spiro atoms. The Morgan fingerprint density at radius 1 is 1.06 bits per heavy atom. The van der Waals surface area contributed by atoms with Crippen molar-refractivity contribution in [1.82, 2.24) is 19.0 Å². The quantitative estimate of drug-likeness (QED) is 0.252. The van der Waals surface area contributed by atoms with Crippen LogP contribution in [0.3, 0.4) is 0 Å². The van der Waals surface area contributed by atoms with Crippen LogP contribution in [0.2, 0.25) is 0 Å². The molecule has 7 nitrogen and oxygen atoms in total. The fraction of sp³-hybridized carbons (Fsp3) is 0.286. The molecule has 0 aliphatic carbocycles. The molecule has 3 aromatic rings. The molecule has 0 saturated heterocycles. The summed E-state index contributed by atoms with van der Waals surface area (Å²) in [5, 5.41) is 0. The van der Waals surface area contributed by atoms with Crippen LogP contribution in [-0.2, 0) is 6.54 Å². The molecule has 13 heteroatoms. The average molecular weight is 500 g/mol. The summed E-state index contributed by atoms with van der Waals surface area (Å²) in [5.74, 6) is -10.1. The van der Waals surface area contributed by atoms with E-state index in [-0.39, 0.29) is 24.5 Å². The van der Waals surface area contributed by atoms with Gasteiger partial charge in [-0.2, -0.15) is 8.78 Å². The van der Waals surface area contributed by atoms with Crippen LogP contribution in [0.1, 0.15) is 23.1 Å². The van der Waals surface area contributed by atoms with Crippen molar-refractivity contribution in [1.29, 1.82) is 0 Å². The number of ether oxygens (including phenoxy) is 1. The number of fused-ring (bicyclic) bond motifs is 1. The highest BCUT2D eigenvalue weighted by Crippen LogP contribution is 2.34. The number of imidazole rings is 1. The molecule has 180 valence electrons. The number of pyridine rings is 1. The third kappa shape index (κ3) is 3.83. The molecule has 4 rings (SSSR count). The third-order valence-electron chi connectivity index (χ3n) is 5.49. The van der Waals surface area contributed by atoms with E-state index in [1.165, 1.54) is 34.5 Å². The lowest BCUT2D eigenvalue weighted by Gasteiger charge is -2.35. The van der Waals surface area contributed by atoms with E-state index in [4.69, 9.17) is 4.74 Å². The van der Waals surface area contributed by atoms with Gasteiger partial charge in [-0.3, -0.25) is 9.59 Å². The molecule has 2 aromatic heterocycles. The zero-order valence-electron chi connectivity index (χ0n) is 17.7. The topological polar surface area (TPSA) is 69.4 Å². The van der Waals surface area contributed by atoms with Crippen LogP contribution in [0.4, 0.5) is 22.0 Å². The van der Waals surface area contributed by atoms with E-state index in [1.807, 2.05) is 0 Å². The lowest BCUT2D eigenvalue weighted by Crippen LogP contribution is -2.52. The van der Waals surface area contributed by atoms with Crippen LogP contribution in [0.5, 0.6) is 5.75 Å². The maximum Gasteiger partial charge on any atom is 0.275 e. The number of carbonyl (C=O) groups is 1. The first-order valence-electron chi connectivity index (χ1n) is 9.94. The van der Waals surface area contributed by atoms with E-state index in [1.54, 1.807) is 13.1 Å². The van der Waals surface area contributed by atoms with Gasteiger partial charge in [-0.25, -0.2) is 18.2 Å². The molecule has 3 heterocycles. The maximum atomic E-state index is 14.9. The molecular weight excluding hydrogens is 483 g/mol. The number of rotatable bonds is 5. The van der Waals surface area contributed by atoms with Gasteiger partial charge in [0.05, 0.1) is 23.0 Å². The van der Waals surface area contributed by atoms with Gasteiger partial charge in [-0.15, -0.1) is 12.6 Å². The highest BCUT2D eigenvalue weighted by Gasteiger charge is 2.36. The third-order valence-corrected chi connectivity index (χ3v) is 5.89. The summed E-state index contributed by atoms with van der Waals surface area (Å²) in [7, 11) is 0. The van der Waals surface area contributed by atoms with Gasteiger partial charge in [0, 0.05) is 19.3 Å². The Hall–Kier alpha value is -3.35. The van der Waals surface area contributed by atoms with Crippen molar-refractivity contribution >= 4 is 18.5 Å². The summed E-state index contributed by atoms with van der Waals surface area (Å²) >= 11 is 3.54. The molecule has 1 aliphatic heterocycles. The van der Waals surface area contributed by atoms with E-state index in [2.05, 4.69) is 17.6 Å². The van der Waals surface area contributed by atoms with Crippen LogP contribution in [0.25, 0.3) is 5.69 Å². The molecule has 1 unspecified atom stereocenters. The summed E-state index contributed by atoms with van der Waals surface area (Å²) in [6, 6.07) is 1.46. The number of nitrogens with zero attached hydrogens (tertiary/aromatic N) is 4. The van der Waals surface area contributed by atoms with E-state index >= 15 is 0 Å². The minimum absolute atomic E-state index is 0.0178. The van der Waals surface area contributed by atoms with Gasteiger partial charge in [-0.05, 0) is 26.0 Å².